The van der Waals surface area contributed by atoms with Crippen molar-refractivity contribution in [3.8, 4) is 0 Å². The topological polar surface area (TPSA) is 113 Å². The Morgan fingerprint density at radius 1 is 1.18 bits per heavy atom. The number of alkyl halides is 1. The Morgan fingerprint density at radius 2 is 2.05 bits per heavy atom. The van der Waals surface area contributed by atoms with Gasteiger partial charge in [-0.15, -0.1) is 0 Å². The smallest absolute Gasteiger partial charge is 0.412 e. The summed E-state index contributed by atoms with van der Waals surface area (Å²) in [5, 5.41) is 5.26. The Bertz CT molecular complexity index is 1440. The number of hydrogen-bond donors (Lipinski definition) is 2. The third kappa shape index (κ3) is 4.80. The third-order valence-corrected chi connectivity index (χ3v) is 7.49. The van der Waals surface area contributed by atoms with Gasteiger partial charge in [-0.05, 0) is 30.2 Å². The second kappa shape index (κ2) is 9.92. The second-order valence-corrected chi connectivity index (χ2v) is 10.2. The summed E-state index contributed by atoms with van der Waals surface area (Å²) in [6, 6.07) is 6.58. The molecule has 0 unspecified atom stereocenters. The average Bonchev–Trinajstić information content (AvgIpc) is 3.56. The molecule has 39 heavy (non-hydrogen) atoms. The molecule has 2 fully saturated rings. The number of benzene rings is 1. The molecule has 2 aromatic heterocycles. The van der Waals surface area contributed by atoms with Crippen molar-refractivity contribution in [2.45, 2.75) is 31.2 Å². The predicted octanol–water partition coefficient (Wildman–Crippen LogP) is 3.81. The number of pyridine rings is 1. The summed E-state index contributed by atoms with van der Waals surface area (Å²) in [6.45, 7) is 1.69. The molecule has 5 heterocycles. The van der Waals surface area contributed by atoms with Crippen LogP contribution < -0.4 is 20.4 Å². The van der Waals surface area contributed by atoms with E-state index in [2.05, 4.69) is 25.6 Å². The predicted molar refractivity (Wildman–Crippen MR) is 139 cm³/mol. The van der Waals surface area contributed by atoms with Gasteiger partial charge in [0.25, 0.3) is 5.91 Å². The highest BCUT2D eigenvalue weighted by Crippen LogP contribution is 2.46. The molecule has 2 atom stereocenters. The lowest BCUT2D eigenvalue weighted by atomic mass is 9.89. The number of amides is 2. The first-order valence-corrected chi connectivity index (χ1v) is 12.9. The molecule has 10 nitrogen and oxygen atoms in total. The van der Waals surface area contributed by atoms with Crippen LogP contribution in [0.3, 0.4) is 0 Å². The van der Waals surface area contributed by atoms with Crippen molar-refractivity contribution in [3.63, 3.8) is 0 Å². The van der Waals surface area contributed by atoms with Gasteiger partial charge < -0.3 is 19.9 Å². The SMILES string of the molecule is O=C1Nc2ccc(Cl)c(F)c2[C@]2(CCN(c3cncc(C(=O)NCc4ccc(N5CC[C@H](F)C5)nc4)n3)C2)O1. The lowest BCUT2D eigenvalue weighted by Gasteiger charge is -2.35. The van der Waals surface area contributed by atoms with Crippen LogP contribution in [0.4, 0.5) is 30.9 Å². The maximum Gasteiger partial charge on any atom is 0.412 e. The summed E-state index contributed by atoms with van der Waals surface area (Å²) >= 11 is 6.03. The highest BCUT2D eigenvalue weighted by atomic mass is 35.5. The Balaban J connectivity index is 1.13. The van der Waals surface area contributed by atoms with Crippen LogP contribution in [0.5, 0.6) is 0 Å². The van der Waals surface area contributed by atoms with Gasteiger partial charge in [0.2, 0.25) is 0 Å². The molecule has 1 aromatic carbocycles. The Hall–Kier alpha value is -4.06. The minimum atomic E-state index is -1.26. The van der Waals surface area contributed by atoms with Crippen molar-refractivity contribution >= 4 is 40.9 Å². The van der Waals surface area contributed by atoms with Crippen molar-refractivity contribution in [2.75, 3.05) is 41.3 Å². The maximum atomic E-state index is 15.1. The van der Waals surface area contributed by atoms with E-state index in [1.165, 1.54) is 18.5 Å². The van der Waals surface area contributed by atoms with E-state index in [1.54, 1.807) is 17.2 Å². The molecular formula is C26H24ClF2N7O3. The third-order valence-electron chi connectivity index (χ3n) is 7.20. The first kappa shape index (κ1) is 25.2. The fraction of sp³-hybridized carbons (Fsp3) is 0.346. The van der Waals surface area contributed by atoms with Crippen molar-refractivity contribution in [3.05, 3.63) is 70.5 Å². The molecule has 2 saturated heterocycles. The van der Waals surface area contributed by atoms with Crippen molar-refractivity contribution < 1.29 is 23.1 Å². The molecule has 3 aliphatic heterocycles. The van der Waals surface area contributed by atoms with Crippen LogP contribution in [-0.2, 0) is 16.9 Å². The van der Waals surface area contributed by atoms with Gasteiger partial charge in [-0.1, -0.05) is 17.7 Å². The van der Waals surface area contributed by atoms with Crippen LogP contribution in [0.2, 0.25) is 5.02 Å². The number of halogens is 3. The number of ether oxygens (including phenoxy) is 1. The van der Waals surface area contributed by atoms with Crippen LogP contribution in [-0.4, -0.2) is 59.3 Å². The molecular weight excluding hydrogens is 532 g/mol. The van der Waals surface area contributed by atoms with E-state index >= 15 is 4.39 Å². The number of carbonyl (C=O) groups excluding carboxylic acids is 2. The summed E-state index contributed by atoms with van der Waals surface area (Å²) in [5.41, 5.74) is 0.116. The molecule has 0 bridgehead atoms. The standard InChI is InChI=1S/C26H24ClF2N7O3/c27-17-2-3-18-22(23(17)29)26(39-25(38)34-18)6-8-36(14-26)21-12-30-11-19(33-21)24(37)32-10-15-1-4-20(31-9-15)35-7-5-16(28)13-35/h1-4,9,11-12,16H,5-8,10,13-14H2,(H,32,37)(H,34,38)/t16-,26+/m0/s1. The molecule has 6 rings (SSSR count). The molecule has 13 heteroatoms. The van der Waals surface area contributed by atoms with E-state index in [0.29, 0.717) is 49.8 Å². The first-order valence-electron chi connectivity index (χ1n) is 12.5. The van der Waals surface area contributed by atoms with Crippen LogP contribution in [0.1, 0.15) is 34.5 Å². The summed E-state index contributed by atoms with van der Waals surface area (Å²) in [5.74, 6) is 0.0145. The van der Waals surface area contributed by atoms with Gasteiger partial charge in [0.05, 0.1) is 41.8 Å². The molecule has 2 N–H and O–H groups in total. The summed E-state index contributed by atoms with van der Waals surface area (Å²) in [7, 11) is 0. The normalized spacial score (nSPS) is 22.0. The molecule has 0 saturated carbocycles. The van der Waals surface area contributed by atoms with Gasteiger partial charge in [0.1, 0.15) is 23.5 Å². The van der Waals surface area contributed by atoms with Crippen LogP contribution in [0.15, 0.2) is 42.9 Å². The summed E-state index contributed by atoms with van der Waals surface area (Å²) in [4.78, 5) is 41.8. The van der Waals surface area contributed by atoms with E-state index in [4.69, 9.17) is 16.3 Å². The zero-order valence-electron chi connectivity index (χ0n) is 20.7. The Labute approximate surface area is 227 Å². The van der Waals surface area contributed by atoms with E-state index in [1.807, 2.05) is 17.0 Å². The van der Waals surface area contributed by atoms with Gasteiger partial charge in [0.15, 0.2) is 11.4 Å². The van der Waals surface area contributed by atoms with Crippen molar-refractivity contribution in [2.24, 2.45) is 0 Å². The summed E-state index contributed by atoms with van der Waals surface area (Å²) < 4.78 is 34.1. The number of nitrogens with one attached hydrogen (secondary N) is 2. The molecule has 0 radical (unpaired) electrons. The largest absolute Gasteiger partial charge is 0.436 e. The molecule has 3 aromatic rings. The van der Waals surface area contributed by atoms with E-state index < -0.39 is 29.6 Å². The minimum Gasteiger partial charge on any atom is -0.436 e. The number of carbonyl (C=O) groups is 2. The second-order valence-electron chi connectivity index (χ2n) is 9.77. The van der Waals surface area contributed by atoms with Crippen molar-refractivity contribution in [1.82, 2.24) is 20.3 Å². The number of fused-ring (bicyclic) bond motifs is 2. The number of nitrogens with zero attached hydrogens (tertiary/aromatic N) is 5. The van der Waals surface area contributed by atoms with E-state index in [0.717, 1.165) is 5.56 Å². The first-order chi connectivity index (χ1) is 18.8. The highest BCUT2D eigenvalue weighted by molar-refractivity contribution is 6.31. The molecule has 0 aliphatic carbocycles. The molecule has 1 spiro atoms. The summed E-state index contributed by atoms with van der Waals surface area (Å²) in [6.07, 6.45) is 3.78. The van der Waals surface area contributed by atoms with Crippen molar-refractivity contribution in [1.29, 1.82) is 0 Å². The number of hydrogen-bond acceptors (Lipinski definition) is 8. The molecule has 202 valence electrons. The van der Waals surface area contributed by atoms with Gasteiger partial charge in [-0.25, -0.2) is 23.5 Å². The van der Waals surface area contributed by atoms with Crippen LogP contribution in [0, 0.1) is 5.82 Å². The zero-order valence-corrected chi connectivity index (χ0v) is 21.4. The fourth-order valence-electron chi connectivity index (χ4n) is 5.25. The van der Waals surface area contributed by atoms with Gasteiger partial charge in [-0.3, -0.25) is 15.1 Å². The van der Waals surface area contributed by atoms with Crippen LogP contribution >= 0.6 is 11.6 Å². The maximum absolute atomic E-state index is 15.1. The van der Waals surface area contributed by atoms with E-state index in [9.17, 15) is 14.0 Å². The number of anilines is 3. The van der Waals surface area contributed by atoms with Gasteiger partial charge in [0, 0.05) is 32.3 Å². The monoisotopic (exact) mass is 555 g/mol. The minimum absolute atomic E-state index is 0.0703. The van der Waals surface area contributed by atoms with Crippen LogP contribution in [0.25, 0.3) is 0 Å². The van der Waals surface area contributed by atoms with Gasteiger partial charge in [-0.2, -0.15) is 0 Å². The van der Waals surface area contributed by atoms with Gasteiger partial charge >= 0.3 is 6.09 Å². The van der Waals surface area contributed by atoms with E-state index in [-0.39, 0.29) is 29.4 Å². The number of aromatic nitrogens is 3. The number of rotatable bonds is 5. The lowest BCUT2D eigenvalue weighted by molar-refractivity contribution is 0.0263. The molecule has 3 aliphatic rings. The fourth-order valence-corrected chi connectivity index (χ4v) is 5.41. The quantitative estimate of drug-likeness (QED) is 0.489. The zero-order chi connectivity index (χ0) is 27.1. The Kier molecular flexibility index (Phi) is 6.42. The highest BCUT2D eigenvalue weighted by Gasteiger charge is 2.50. The molecule has 2 amide bonds. The lowest BCUT2D eigenvalue weighted by Crippen LogP contribution is -2.42. The Morgan fingerprint density at radius 3 is 2.82 bits per heavy atom. The average molecular weight is 556 g/mol.